The Morgan fingerprint density at radius 2 is 1.62 bits per heavy atom. The van der Waals surface area contributed by atoms with Gasteiger partial charge in [-0.3, -0.25) is 18.9 Å². The van der Waals surface area contributed by atoms with Crippen molar-refractivity contribution in [2.24, 2.45) is 0 Å². The van der Waals surface area contributed by atoms with Crippen LogP contribution in [0.15, 0.2) is 83.7 Å². The highest BCUT2D eigenvalue weighted by Gasteiger charge is 2.25. The van der Waals surface area contributed by atoms with Gasteiger partial charge in [-0.2, -0.15) is 0 Å². The van der Waals surface area contributed by atoms with Gasteiger partial charge in [0.1, 0.15) is 23.0 Å². The molecule has 3 aromatic carbocycles. The Kier molecular flexibility index (Phi) is 6.70. The van der Waals surface area contributed by atoms with Gasteiger partial charge in [0.25, 0.3) is 5.91 Å². The van der Waals surface area contributed by atoms with Crippen LogP contribution in [0.4, 0.5) is 14.5 Å². The molecule has 12 heteroatoms. The van der Waals surface area contributed by atoms with Gasteiger partial charge in [0, 0.05) is 41.4 Å². The van der Waals surface area contributed by atoms with Crippen LogP contribution in [0.3, 0.4) is 0 Å². The highest BCUT2D eigenvalue weighted by molar-refractivity contribution is 7.92. The quantitative estimate of drug-likeness (QED) is 0.241. The molecular weight excluding hydrogens is 564 g/mol. The average Bonchev–Trinajstić information content (AvgIpc) is 3.58. The van der Waals surface area contributed by atoms with Gasteiger partial charge in [-0.1, -0.05) is 0 Å². The number of anilines is 1. The zero-order valence-corrected chi connectivity index (χ0v) is 23.2. The normalized spacial score (nSPS) is 11.7. The molecule has 0 radical (unpaired) electrons. The highest BCUT2D eigenvalue weighted by atomic mass is 32.2. The summed E-state index contributed by atoms with van der Waals surface area (Å²) < 4.78 is 63.1. The number of nitrogens with zero attached hydrogens (tertiary/aromatic N) is 3. The first-order valence-electron chi connectivity index (χ1n) is 12.9. The van der Waals surface area contributed by atoms with E-state index in [2.05, 4.69) is 20.0 Å². The largest absolute Gasteiger partial charge is 0.455 e. The molecule has 3 aromatic heterocycles. The standard InChI is InChI=1S/C30H23F2N5O4S/c1-3-42(39,40)36-23-13-26-22(28(30(38)33-2)29(41-26)18-6-10-20(32)11-7-18)12-21(23)24-16-37-25(14-35-27(37)15-34-24)17-4-8-19(31)9-5-17/h4-16,36H,3H2,1-2H3,(H,33,38). The SMILES string of the molecule is CCS(=O)(=O)Nc1cc2oc(-c3ccc(F)cc3)c(C(=O)NC)c2cc1-c1cn2c(-c3ccc(F)cc3)cnc2cn1. The summed E-state index contributed by atoms with van der Waals surface area (Å²) in [6.07, 6.45) is 4.85. The van der Waals surface area contributed by atoms with Crippen LogP contribution in [-0.2, 0) is 10.0 Å². The Hall–Kier alpha value is -5.10. The molecule has 3 heterocycles. The number of rotatable bonds is 7. The van der Waals surface area contributed by atoms with Crippen molar-refractivity contribution in [3.8, 4) is 33.8 Å². The first kappa shape index (κ1) is 27.1. The number of aromatic nitrogens is 3. The van der Waals surface area contributed by atoms with Crippen molar-refractivity contribution in [1.82, 2.24) is 19.7 Å². The molecule has 1 amide bonds. The third kappa shape index (κ3) is 4.85. The van der Waals surface area contributed by atoms with Gasteiger partial charge in [0.2, 0.25) is 10.0 Å². The number of benzene rings is 3. The number of nitrogens with one attached hydrogen (secondary N) is 2. The molecule has 0 saturated heterocycles. The summed E-state index contributed by atoms with van der Waals surface area (Å²) in [6, 6.07) is 14.6. The van der Waals surface area contributed by atoms with Crippen LogP contribution in [0.1, 0.15) is 17.3 Å². The Morgan fingerprint density at radius 3 is 2.26 bits per heavy atom. The lowest BCUT2D eigenvalue weighted by atomic mass is 10.0. The van der Waals surface area contributed by atoms with Crippen molar-refractivity contribution in [2.75, 3.05) is 17.5 Å². The van der Waals surface area contributed by atoms with E-state index in [4.69, 9.17) is 4.42 Å². The van der Waals surface area contributed by atoms with Crippen molar-refractivity contribution >= 4 is 38.2 Å². The molecule has 0 unspecified atom stereocenters. The number of fused-ring (bicyclic) bond motifs is 2. The molecule has 9 nitrogen and oxygen atoms in total. The summed E-state index contributed by atoms with van der Waals surface area (Å²) in [5.41, 5.74) is 3.71. The van der Waals surface area contributed by atoms with Gasteiger partial charge in [-0.15, -0.1) is 0 Å². The van der Waals surface area contributed by atoms with Crippen LogP contribution in [0, 0.1) is 11.6 Å². The maximum Gasteiger partial charge on any atom is 0.255 e. The van der Waals surface area contributed by atoms with E-state index in [1.807, 2.05) is 0 Å². The monoisotopic (exact) mass is 587 g/mol. The molecule has 6 rings (SSSR count). The summed E-state index contributed by atoms with van der Waals surface area (Å²) >= 11 is 0. The van der Waals surface area contributed by atoms with E-state index in [9.17, 15) is 22.0 Å². The molecule has 0 aliphatic rings. The lowest BCUT2D eigenvalue weighted by Gasteiger charge is -2.13. The molecule has 0 spiro atoms. The fourth-order valence-electron chi connectivity index (χ4n) is 4.70. The molecule has 6 aromatic rings. The number of halogens is 2. The average molecular weight is 588 g/mol. The number of imidazole rings is 1. The van der Waals surface area contributed by atoms with Crippen LogP contribution in [0.5, 0.6) is 0 Å². The number of furan rings is 1. The van der Waals surface area contributed by atoms with E-state index in [0.29, 0.717) is 39.1 Å². The summed E-state index contributed by atoms with van der Waals surface area (Å²) in [5, 5.41) is 3.01. The highest BCUT2D eigenvalue weighted by Crippen LogP contribution is 2.40. The topological polar surface area (TPSA) is 119 Å². The number of hydrogen-bond acceptors (Lipinski definition) is 6. The minimum atomic E-state index is -3.73. The van der Waals surface area contributed by atoms with Crippen molar-refractivity contribution in [1.29, 1.82) is 0 Å². The molecule has 0 bridgehead atoms. The minimum Gasteiger partial charge on any atom is -0.455 e. The molecule has 42 heavy (non-hydrogen) atoms. The number of hydrogen-bond donors (Lipinski definition) is 2. The van der Waals surface area contributed by atoms with E-state index in [0.717, 1.165) is 0 Å². The molecule has 0 saturated carbocycles. The third-order valence-corrected chi connectivity index (χ3v) is 8.14. The first-order chi connectivity index (χ1) is 20.2. The molecule has 0 aliphatic carbocycles. The molecule has 212 valence electrons. The van der Waals surface area contributed by atoms with E-state index in [-0.39, 0.29) is 34.2 Å². The van der Waals surface area contributed by atoms with Crippen molar-refractivity contribution < 1.29 is 26.4 Å². The smallest absolute Gasteiger partial charge is 0.255 e. The Balaban J connectivity index is 1.61. The van der Waals surface area contributed by atoms with E-state index < -0.39 is 21.7 Å². The molecule has 0 aliphatic heterocycles. The van der Waals surface area contributed by atoms with Gasteiger partial charge in [0.05, 0.1) is 40.8 Å². The fraction of sp³-hybridized carbons (Fsp3) is 0.100. The summed E-state index contributed by atoms with van der Waals surface area (Å²) in [4.78, 5) is 22.0. The lowest BCUT2D eigenvalue weighted by Crippen LogP contribution is -2.18. The Morgan fingerprint density at radius 1 is 0.952 bits per heavy atom. The number of amides is 1. The minimum absolute atomic E-state index is 0.183. The number of sulfonamides is 1. The van der Waals surface area contributed by atoms with Crippen molar-refractivity contribution in [2.45, 2.75) is 6.92 Å². The maximum absolute atomic E-state index is 13.7. The second-order valence-electron chi connectivity index (χ2n) is 9.44. The van der Waals surface area contributed by atoms with E-state index in [1.54, 1.807) is 35.0 Å². The Labute approximate surface area is 238 Å². The van der Waals surface area contributed by atoms with Gasteiger partial charge in [-0.05, 0) is 61.5 Å². The molecular formula is C30H23F2N5O4S. The van der Waals surface area contributed by atoms with Gasteiger partial charge in [-0.25, -0.2) is 22.2 Å². The second-order valence-corrected chi connectivity index (χ2v) is 11.5. The van der Waals surface area contributed by atoms with Crippen LogP contribution >= 0.6 is 0 Å². The summed E-state index contributed by atoms with van der Waals surface area (Å²) in [6.45, 7) is 1.51. The molecule has 0 fully saturated rings. The Bertz CT molecular complexity index is 2090. The van der Waals surface area contributed by atoms with Crippen molar-refractivity contribution in [3.63, 3.8) is 0 Å². The number of carbonyl (C=O) groups is 1. The maximum atomic E-state index is 13.7. The second kappa shape index (κ2) is 10.4. The van der Waals surface area contributed by atoms with Crippen LogP contribution in [0.2, 0.25) is 0 Å². The van der Waals surface area contributed by atoms with Crippen molar-refractivity contribution in [3.05, 3.63) is 96.5 Å². The van der Waals surface area contributed by atoms with Crippen LogP contribution in [-0.4, -0.2) is 41.5 Å². The van der Waals surface area contributed by atoms with Gasteiger partial charge < -0.3 is 9.73 Å². The fourth-order valence-corrected chi connectivity index (χ4v) is 5.34. The van der Waals surface area contributed by atoms with E-state index in [1.165, 1.54) is 62.6 Å². The van der Waals surface area contributed by atoms with Gasteiger partial charge in [0.15, 0.2) is 5.65 Å². The summed E-state index contributed by atoms with van der Waals surface area (Å²) in [5.74, 6) is -1.26. The third-order valence-electron chi connectivity index (χ3n) is 6.85. The number of carbonyl (C=O) groups excluding carboxylic acids is 1. The van der Waals surface area contributed by atoms with E-state index >= 15 is 0 Å². The zero-order chi connectivity index (χ0) is 29.6. The lowest BCUT2D eigenvalue weighted by molar-refractivity contribution is 0.0964. The predicted octanol–water partition coefficient (Wildman–Crippen LogP) is 5.88. The van der Waals surface area contributed by atoms with Crippen LogP contribution in [0.25, 0.3) is 50.5 Å². The molecule has 0 atom stereocenters. The van der Waals surface area contributed by atoms with Gasteiger partial charge >= 0.3 is 0 Å². The predicted molar refractivity (Wildman–Crippen MR) is 155 cm³/mol. The zero-order valence-electron chi connectivity index (χ0n) is 22.4. The summed E-state index contributed by atoms with van der Waals surface area (Å²) in [7, 11) is -2.26. The first-order valence-corrected chi connectivity index (χ1v) is 14.5. The van der Waals surface area contributed by atoms with Crippen LogP contribution < -0.4 is 10.0 Å². The molecule has 2 N–H and O–H groups in total.